The molecular formula is C9H17NO4S. The summed E-state index contributed by atoms with van der Waals surface area (Å²) in [5, 5.41) is 7.87. The van der Waals surface area contributed by atoms with E-state index in [4.69, 9.17) is 9.84 Å². The monoisotopic (exact) mass is 235 g/mol. The molecule has 0 radical (unpaired) electrons. The van der Waals surface area contributed by atoms with E-state index >= 15 is 0 Å². The van der Waals surface area contributed by atoms with E-state index in [9.17, 15) is 9.00 Å². The van der Waals surface area contributed by atoms with Crippen LogP contribution in [0.1, 0.15) is 6.92 Å². The molecule has 6 heteroatoms. The molecule has 5 nitrogen and oxygen atoms in total. The number of morpholine rings is 1. The molecule has 0 spiro atoms. The van der Waals surface area contributed by atoms with Crippen LogP contribution in [0.4, 0.5) is 0 Å². The van der Waals surface area contributed by atoms with Crippen molar-refractivity contribution in [3.8, 4) is 0 Å². The fraction of sp³-hybridized carbons (Fsp3) is 0.889. The van der Waals surface area contributed by atoms with Gasteiger partial charge in [0, 0.05) is 23.9 Å². The van der Waals surface area contributed by atoms with E-state index in [2.05, 4.69) is 4.90 Å². The van der Waals surface area contributed by atoms with Crippen LogP contribution in [-0.2, 0) is 20.3 Å². The van der Waals surface area contributed by atoms with E-state index in [0.29, 0.717) is 12.4 Å². The van der Waals surface area contributed by atoms with E-state index < -0.39 is 22.0 Å². The summed E-state index contributed by atoms with van der Waals surface area (Å²) in [6.45, 7) is 3.68. The topological polar surface area (TPSA) is 66.8 Å². The van der Waals surface area contributed by atoms with Gasteiger partial charge in [-0.2, -0.15) is 0 Å². The van der Waals surface area contributed by atoms with Gasteiger partial charge in [0.2, 0.25) is 0 Å². The maximum atomic E-state index is 11.6. The highest BCUT2D eigenvalue weighted by molar-refractivity contribution is 7.86. The van der Waals surface area contributed by atoms with Gasteiger partial charge in [-0.05, 0) is 14.0 Å². The third kappa shape index (κ3) is 3.89. The SMILES string of the molecule is CC(C(=O)O)S(=O)CC1CN(C)CCO1. The molecule has 0 bridgehead atoms. The molecule has 3 unspecified atom stereocenters. The molecule has 0 amide bonds. The van der Waals surface area contributed by atoms with Crippen LogP contribution in [0.2, 0.25) is 0 Å². The highest BCUT2D eigenvalue weighted by atomic mass is 32.2. The summed E-state index contributed by atoms with van der Waals surface area (Å²) >= 11 is 0. The molecule has 1 aliphatic rings. The summed E-state index contributed by atoms with van der Waals surface area (Å²) < 4.78 is 17.0. The van der Waals surface area contributed by atoms with Crippen LogP contribution in [0.3, 0.4) is 0 Å². The summed E-state index contributed by atoms with van der Waals surface area (Å²) in [5.74, 6) is -0.713. The first-order chi connectivity index (χ1) is 7.00. The Morgan fingerprint density at radius 3 is 2.93 bits per heavy atom. The quantitative estimate of drug-likeness (QED) is 0.714. The summed E-state index contributed by atoms with van der Waals surface area (Å²) in [6.07, 6.45) is -0.105. The normalized spacial score (nSPS) is 27.2. The van der Waals surface area contributed by atoms with Crippen molar-refractivity contribution in [2.24, 2.45) is 0 Å². The molecule has 15 heavy (non-hydrogen) atoms. The fourth-order valence-electron chi connectivity index (χ4n) is 1.41. The van der Waals surface area contributed by atoms with Crippen molar-refractivity contribution in [1.82, 2.24) is 4.90 Å². The van der Waals surface area contributed by atoms with Crippen molar-refractivity contribution in [3.63, 3.8) is 0 Å². The van der Waals surface area contributed by atoms with Crippen molar-refractivity contribution >= 4 is 16.8 Å². The maximum Gasteiger partial charge on any atom is 0.318 e. The lowest BCUT2D eigenvalue weighted by Crippen LogP contribution is -2.43. The minimum atomic E-state index is -1.36. The first kappa shape index (κ1) is 12.6. The summed E-state index contributed by atoms with van der Waals surface area (Å²) in [5.41, 5.74) is 0. The van der Waals surface area contributed by atoms with Gasteiger partial charge in [0.1, 0.15) is 5.25 Å². The van der Waals surface area contributed by atoms with Crippen LogP contribution in [0.25, 0.3) is 0 Å². The second-order valence-electron chi connectivity index (χ2n) is 3.78. The van der Waals surface area contributed by atoms with Gasteiger partial charge in [-0.3, -0.25) is 9.00 Å². The predicted octanol–water partition coefficient (Wildman–Crippen LogP) is -0.461. The van der Waals surface area contributed by atoms with Crippen LogP contribution in [0.5, 0.6) is 0 Å². The van der Waals surface area contributed by atoms with Gasteiger partial charge in [-0.25, -0.2) is 0 Å². The Hall–Kier alpha value is -0.460. The highest BCUT2D eigenvalue weighted by Crippen LogP contribution is 2.07. The Balaban J connectivity index is 2.40. The maximum absolute atomic E-state index is 11.6. The minimum Gasteiger partial charge on any atom is -0.480 e. The molecular weight excluding hydrogens is 218 g/mol. The molecule has 0 saturated carbocycles. The first-order valence-electron chi connectivity index (χ1n) is 4.91. The Morgan fingerprint density at radius 2 is 2.40 bits per heavy atom. The van der Waals surface area contributed by atoms with Crippen molar-refractivity contribution in [2.45, 2.75) is 18.3 Å². The summed E-state index contributed by atoms with van der Waals surface area (Å²) in [4.78, 5) is 12.7. The summed E-state index contributed by atoms with van der Waals surface area (Å²) in [7, 11) is 0.613. The average molecular weight is 235 g/mol. The van der Waals surface area contributed by atoms with Crippen molar-refractivity contribution in [2.75, 3.05) is 32.5 Å². The number of hydrogen-bond acceptors (Lipinski definition) is 4. The molecule has 1 fully saturated rings. The van der Waals surface area contributed by atoms with E-state index in [1.54, 1.807) is 0 Å². The Kier molecular flexibility index (Phi) is 4.69. The third-order valence-corrected chi connectivity index (χ3v) is 4.12. The van der Waals surface area contributed by atoms with Crippen LogP contribution in [0, 0.1) is 0 Å². The zero-order valence-electron chi connectivity index (χ0n) is 9.01. The molecule has 0 aromatic rings. The third-order valence-electron chi connectivity index (χ3n) is 2.43. The lowest BCUT2D eigenvalue weighted by Gasteiger charge is -2.30. The van der Waals surface area contributed by atoms with E-state index in [-0.39, 0.29) is 6.10 Å². The van der Waals surface area contributed by atoms with Crippen LogP contribution < -0.4 is 0 Å². The number of rotatable bonds is 4. The minimum absolute atomic E-state index is 0.105. The molecule has 0 aliphatic carbocycles. The van der Waals surface area contributed by atoms with Crippen LogP contribution in [-0.4, -0.2) is 64.0 Å². The van der Waals surface area contributed by atoms with Gasteiger partial charge < -0.3 is 14.7 Å². The molecule has 88 valence electrons. The van der Waals surface area contributed by atoms with E-state index in [1.807, 2.05) is 7.05 Å². The van der Waals surface area contributed by atoms with Gasteiger partial charge in [-0.15, -0.1) is 0 Å². The molecule has 3 atom stereocenters. The molecule has 1 saturated heterocycles. The van der Waals surface area contributed by atoms with Crippen molar-refractivity contribution in [1.29, 1.82) is 0 Å². The van der Waals surface area contributed by atoms with Crippen LogP contribution in [0.15, 0.2) is 0 Å². The number of carboxylic acids is 1. The van der Waals surface area contributed by atoms with Gasteiger partial charge >= 0.3 is 5.97 Å². The Labute approximate surface area is 91.9 Å². The lowest BCUT2D eigenvalue weighted by atomic mass is 10.3. The number of carboxylic acid groups (broad SMARTS) is 1. The molecule has 1 rings (SSSR count). The fourth-order valence-corrected chi connectivity index (χ4v) is 2.49. The molecule has 0 aromatic carbocycles. The molecule has 1 aliphatic heterocycles. The summed E-state index contributed by atoms with van der Waals surface area (Å²) in [6, 6.07) is 0. The second-order valence-corrected chi connectivity index (χ2v) is 5.58. The van der Waals surface area contributed by atoms with Gasteiger partial charge in [0.05, 0.1) is 18.5 Å². The van der Waals surface area contributed by atoms with E-state index in [1.165, 1.54) is 6.92 Å². The second kappa shape index (κ2) is 5.58. The zero-order valence-corrected chi connectivity index (χ0v) is 9.83. The molecule has 1 heterocycles. The van der Waals surface area contributed by atoms with Gasteiger partial charge in [0.15, 0.2) is 0 Å². The largest absolute Gasteiger partial charge is 0.480 e. The Bertz CT molecular complexity index is 258. The number of likely N-dealkylation sites (N-methyl/N-ethyl adjacent to an activating group) is 1. The highest BCUT2D eigenvalue weighted by Gasteiger charge is 2.25. The smallest absolute Gasteiger partial charge is 0.318 e. The predicted molar refractivity (Wildman–Crippen MR) is 57.3 cm³/mol. The Morgan fingerprint density at radius 1 is 1.73 bits per heavy atom. The van der Waals surface area contributed by atoms with Gasteiger partial charge in [-0.1, -0.05) is 0 Å². The van der Waals surface area contributed by atoms with E-state index in [0.717, 1.165) is 13.1 Å². The number of hydrogen-bond donors (Lipinski definition) is 1. The zero-order chi connectivity index (χ0) is 11.4. The lowest BCUT2D eigenvalue weighted by molar-refractivity contribution is -0.136. The number of aliphatic carboxylic acids is 1. The van der Waals surface area contributed by atoms with Crippen LogP contribution >= 0.6 is 0 Å². The van der Waals surface area contributed by atoms with Gasteiger partial charge in [0.25, 0.3) is 0 Å². The standard InChI is InChI=1S/C9H17NO4S/c1-7(9(11)12)15(13)6-8-5-10(2)3-4-14-8/h7-8H,3-6H2,1-2H3,(H,11,12). The number of nitrogens with zero attached hydrogens (tertiary/aromatic N) is 1. The van der Waals surface area contributed by atoms with Crippen molar-refractivity contribution in [3.05, 3.63) is 0 Å². The first-order valence-corrected chi connectivity index (χ1v) is 6.29. The average Bonchev–Trinajstić information content (AvgIpc) is 2.16. The van der Waals surface area contributed by atoms with Crippen molar-refractivity contribution < 1.29 is 18.8 Å². The molecule has 0 aromatic heterocycles. The number of carbonyl (C=O) groups is 1. The molecule has 1 N–H and O–H groups in total. The number of ether oxygens (including phenoxy) is 1.